The summed E-state index contributed by atoms with van der Waals surface area (Å²) in [5.41, 5.74) is -0.336. The number of esters is 1. The molecule has 2 aromatic rings. The maximum Gasteiger partial charge on any atom is 0.307 e. The van der Waals surface area contributed by atoms with Gasteiger partial charge in [0.1, 0.15) is 11.5 Å². The first-order chi connectivity index (χ1) is 14.0. The molecule has 0 bridgehead atoms. The van der Waals surface area contributed by atoms with Gasteiger partial charge in [-0.25, -0.2) is 18.1 Å². The highest BCUT2D eigenvalue weighted by Gasteiger charge is 2.22. The third-order valence-electron chi connectivity index (χ3n) is 4.02. The molecule has 1 atom stereocenters. The Labute approximate surface area is 172 Å². The molecule has 2 N–H and O–H groups in total. The van der Waals surface area contributed by atoms with Crippen molar-refractivity contribution in [2.75, 3.05) is 11.9 Å². The zero-order valence-corrected chi connectivity index (χ0v) is 17.3. The van der Waals surface area contributed by atoms with Crippen molar-refractivity contribution in [2.24, 2.45) is 7.05 Å². The average Bonchev–Trinajstić information content (AvgIpc) is 3.01. The number of anilines is 1. The Morgan fingerprint density at radius 2 is 2.00 bits per heavy atom. The van der Waals surface area contributed by atoms with E-state index in [4.69, 9.17) is 4.74 Å². The number of amides is 1. The number of benzene rings is 1. The van der Waals surface area contributed by atoms with Gasteiger partial charge in [-0.3, -0.25) is 19.7 Å². The van der Waals surface area contributed by atoms with Crippen LogP contribution in [-0.4, -0.2) is 47.4 Å². The number of rotatable bonds is 9. The third-order valence-corrected chi connectivity index (χ3v) is 5.35. The summed E-state index contributed by atoms with van der Waals surface area (Å²) in [5.74, 6) is -1.07. The Kier molecular flexibility index (Phi) is 7.24. The average molecular weight is 439 g/mol. The molecule has 162 valence electrons. The minimum atomic E-state index is -3.89. The fourth-order valence-corrected chi connectivity index (χ4v) is 3.37. The van der Waals surface area contributed by atoms with Crippen LogP contribution in [0, 0.1) is 17.0 Å². The number of para-hydroxylation sites is 2. The molecule has 13 heteroatoms. The summed E-state index contributed by atoms with van der Waals surface area (Å²) in [7, 11) is -2.24. The van der Waals surface area contributed by atoms with Gasteiger partial charge in [0.05, 0.1) is 11.3 Å². The zero-order valence-electron chi connectivity index (χ0n) is 16.5. The molecule has 0 spiro atoms. The summed E-state index contributed by atoms with van der Waals surface area (Å²) in [4.78, 5) is 38.3. The number of aryl methyl sites for hydroxylation is 2. The predicted molar refractivity (Wildman–Crippen MR) is 105 cm³/mol. The summed E-state index contributed by atoms with van der Waals surface area (Å²) < 4.78 is 33.0. The van der Waals surface area contributed by atoms with Gasteiger partial charge in [0.25, 0.3) is 21.6 Å². The van der Waals surface area contributed by atoms with Crippen LogP contribution in [-0.2, 0) is 31.4 Å². The number of aromatic nitrogens is 2. The highest BCUT2D eigenvalue weighted by atomic mass is 32.2. The Bertz CT molecular complexity index is 1040. The molecule has 1 unspecified atom stereocenters. The van der Waals surface area contributed by atoms with Gasteiger partial charge in [-0.15, -0.1) is 0 Å². The number of nitrogens with zero attached hydrogens (tertiary/aromatic N) is 3. The first-order valence-corrected chi connectivity index (χ1v) is 10.2. The van der Waals surface area contributed by atoms with Crippen molar-refractivity contribution >= 4 is 33.3 Å². The van der Waals surface area contributed by atoms with E-state index in [0.717, 1.165) is 0 Å². The van der Waals surface area contributed by atoms with Crippen LogP contribution in [0.15, 0.2) is 35.5 Å². The van der Waals surface area contributed by atoms with Crippen molar-refractivity contribution in [2.45, 2.75) is 31.4 Å². The molecule has 1 heterocycles. The maximum atomic E-state index is 12.1. The third kappa shape index (κ3) is 5.84. The van der Waals surface area contributed by atoms with Crippen molar-refractivity contribution < 1.29 is 27.7 Å². The van der Waals surface area contributed by atoms with Gasteiger partial charge in [-0.1, -0.05) is 12.1 Å². The molecule has 0 radical (unpaired) electrons. The molecule has 2 rings (SSSR count). The fourth-order valence-electron chi connectivity index (χ4n) is 2.30. The molecule has 0 aliphatic carbocycles. The summed E-state index contributed by atoms with van der Waals surface area (Å²) in [5, 5.41) is 13.1. The lowest BCUT2D eigenvalue weighted by Crippen LogP contribution is -2.32. The second kappa shape index (κ2) is 9.45. The van der Waals surface area contributed by atoms with E-state index in [2.05, 4.69) is 15.0 Å². The number of carbonyl (C=O) groups excluding carboxylic acids is 2. The van der Waals surface area contributed by atoms with Crippen molar-refractivity contribution in [3.05, 3.63) is 46.4 Å². The van der Waals surface area contributed by atoms with Gasteiger partial charge >= 0.3 is 5.97 Å². The van der Waals surface area contributed by atoms with E-state index in [-0.39, 0.29) is 29.4 Å². The maximum absolute atomic E-state index is 12.1. The highest BCUT2D eigenvalue weighted by molar-refractivity contribution is 7.89. The van der Waals surface area contributed by atoms with Crippen LogP contribution in [0.2, 0.25) is 0 Å². The molecule has 0 fully saturated rings. The smallest absolute Gasteiger partial charge is 0.307 e. The van der Waals surface area contributed by atoms with Crippen molar-refractivity contribution in [1.29, 1.82) is 0 Å². The molecule has 0 aliphatic rings. The van der Waals surface area contributed by atoms with E-state index >= 15 is 0 Å². The second-order valence-corrected chi connectivity index (χ2v) is 7.99. The lowest BCUT2D eigenvalue weighted by atomic mass is 10.2. The van der Waals surface area contributed by atoms with E-state index in [1.54, 1.807) is 18.5 Å². The van der Waals surface area contributed by atoms with Gasteiger partial charge in [-0.05, 0) is 19.9 Å². The summed E-state index contributed by atoms with van der Waals surface area (Å²) in [6.45, 7) is 2.69. The number of hydrogen-bond acceptors (Lipinski definition) is 8. The number of imidazole rings is 1. The molecular weight excluding hydrogens is 418 g/mol. The van der Waals surface area contributed by atoms with Gasteiger partial charge < -0.3 is 14.6 Å². The van der Waals surface area contributed by atoms with E-state index < -0.39 is 32.9 Å². The predicted octanol–water partition coefficient (Wildman–Crippen LogP) is 0.876. The van der Waals surface area contributed by atoms with Crippen LogP contribution in [0.4, 0.5) is 11.4 Å². The molecular formula is C17H21N5O7S. The molecule has 1 aromatic heterocycles. The number of nitrogens with one attached hydrogen (secondary N) is 2. The van der Waals surface area contributed by atoms with E-state index in [1.165, 1.54) is 37.4 Å². The molecule has 30 heavy (non-hydrogen) atoms. The first kappa shape index (κ1) is 23.0. The minimum Gasteiger partial charge on any atom is -0.452 e. The lowest BCUT2D eigenvalue weighted by Gasteiger charge is -2.13. The van der Waals surface area contributed by atoms with Crippen LogP contribution in [0.5, 0.6) is 0 Å². The first-order valence-electron chi connectivity index (χ1n) is 8.74. The molecule has 0 aliphatic heterocycles. The number of hydrogen-bond donors (Lipinski definition) is 2. The monoisotopic (exact) mass is 439 g/mol. The van der Waals surface area contributed by atoms with E-state index in [0.29, 0.717) is 5.82 Å². The lowest BCUT2D eigenvalue weighted by molar-refractivity contribution is -0.383. The van der Waals surface area contributed by atoms with Crippen LogP contribution in [0.1, 0.15) is 19.2 Å². The largest absolute Gasteiger partial charge is 0.452 e. The second-order valence-electron chi connectivity index (χ2n) is 6.28. The normalized spacial score (nSPS) is 12.2. The van der Waals surface area contributed by atoms with Gasteiger partial charge in [0.2, 0.25) is 0 Å². The number of ether oxygens (including phenoxy) is 1. The fraction of sp³-hybridized carbons (Fsp3) is 0.353. The van der Waals surface area contributed by atoms with Crippen molar-refractivity contribution in [3.8, 4) is 0 Å². The summed E-state index contributed by atoms with van der Waals surface area (Å²) >= 11 is 0. The Hall–Kier alpha value is -3.32. The quantitative estimate of drug-likeness (QED) is 0.330. The topological polar surface area (TPSA) is 163 Å². The highest BCUT2D eigenvalue weighted by Crippen LogP contribution is 2.23. The molecule has 12 nitrogen and oxygen atoms in total. The van der Waals surface area contributed by atoms with E-state index in [1.807, 2.05) is 0 Å². The number of sulfonamides is 1. The van der Waals surface area contributed by atoms with Crippen LogP contribution in [0.3, 0.4) is 0 Å². The van der Waals surface area contributed by atoms with Gasteiger partial charge in [0, 0.05) is 25.9 Å². The molecule has 1 amide bonds. The van der Waals surface area contributed by atoms with Gasteiger partial charge in [-0.2, -0.15) is 0 Å². The van der Waals surface area contributed by atoms with Crippen LogP contribution in [0.25, 0.3) is 0 Å². The summed E-state index contributed by atoms with van der Waals surface area (Å²) in [6.07, 6.45) is -0.230. The Morgan fingerprint density at radius 3 is 2.60 bits per heavy atom. The van der Waals surface area contributed by atoms with E-state index in [9.17, 15) is 28.1 Å². The van der Waals surface area contributed by atoms with Crippen LogP contribution >= 0.6 is 0 Å². The SMILES string of the molecule is Cc1nc(S(=O)(=O)NCCC(=O)OC(C)C(=O)Nc2ccccc2[N+](=O)[O-])cn1C. The number of nitro benzene ring substituents is 1. The Morgan fingerprint density at radius 1 is 1.33 bits per heavy atom. The van der Waals surface area contributed by atoms with Crippen molar-refractivity contribution in [1.82, 2.24) is 14.3 Å². The van der Waals surface area contributed by atoms with Crippen molar-refractivity contribution in [3.63, 3.8) is 0 Å². The molecule has 0 saturated heterocycles. The molecule has 0 saturated carbocycles. The van der Waals surface area contributed by atoms with Crippen LogP contribution < -0.4 is 10.0 Å². The molecule has 1 aromatic carbocycles. The summed E-state index contributed by atoms with van der Waals surface area (Å²) in [6, 6.07) is 5.53. The number of nitro groups is 1. The Balaban J connectivity index is 1.86. The minimum absolute atomic E-state index is 0.0335. The standard InChI is InChI=1S/C17H21N5O7S/c1-11(17(24)20-13-6-4-5-7-14(13)22(25)26)29-16(23)8-9-18-30(27,28)15-10-21(3)12(2)19-15/h4-7,10-11,18H,8-9H2,1-3H3,(H,20,24). The number of carbonyl (C=O) groups is 2. The zero-order chi connectivity index (χ0) is 22.5. The van der Waals surface area contributed by atoms with Gasteiger partial charge in [0.15, 0.2) is 11.1 Å².